The van der Waals surface area contributed by atoms with E-state index in [4.69, 9.17) is 12.8 Å². The molecule has 0 aliphatic heterocycles. The number of benzene rings is 4. The zero-order valence-corrected chi connectivity index (χ0v) is 21.3. The van der Waals surface area contributed by atoms with Crippen LogP contribution in [0.2, 0.25) is 0 Å². The summed E-state index contributed by atoms with van der Waals surface area (Å²) in [6.45, 7) is 3.43. The molecule has 8 nitrogen and oxygen atoms in total. The van der Waals surface area contributed by atoms with E-state index in [9.17, 15) is 21.6 Å². The largest absolute Gasteiger partial charge is 0.422 e. The van der Waals surface area contributed by atoms with E-state index in [1.54, 1.807) is 50.2 Å². The maximum Gasteiger partial charge on any atom is 0.344 e. The molecule has 0 amide bonds. The van der Waals surface area contributed by atoms with Crippen molar-refractivity contribution in [2.45, 2.75) is 23.6 Å². The molecule has 0 saturated heterocycles. The van der Waals surface area contributed by atoms with Gasteiger partial charge in [0.15, 0.2) is 0 Å². The molecule has 0 aliphatic rings. The minimum atomic E-state index is -4.23. The zero-order chi connectivity index (χ0) is 26.4. The van der Waals surface area contributed by atoms with Crippen LogP contribution in [0.4, 0.5) is 0 Å². The second kappa shape index (κ2) is 9.06. The van der Waals surface area contributed by atoms with Crippen molar-refractivity contribution >= 4 is 42.0 Å². The molecular formula is C27H20O8S2. The monoisotopic (exact) mass is 536 g/mol. The number of fused-ring (bicyclic) bond motifs is 3. The fraction of sp³-hybridized carbons (Fsp3) is 0.0741. The summed E-state index contributed by atoms with van der Waals surface area (Å²) in [6.07, 6.45) is 0. The third-order valence-corrected chi connectivity index (χ3v) is 8.28. The van der Waals surface area contributed by atoms with Gasteiger partial charge in [-0.05, 0) is 61.4 Å². The first-order chi connectivity index (χ1) is 17.5. The highest BCUT2D eigenvalue weighted by Crippen LogP contribution is 2.30. The van der Waals surface area contributed by atoms with Gasteiger partial charge in [0.25, 0.3) is 0 Å². The van der Waals surface area contributed by atoms with Crippen molar-refractivity contribution < 1.29 is 29.6 Å². The van der Waals surface area contributed by atoms with Crippen molar-refractivity contribution in [2.24, 2.45) is 0 Å². The lowest BCUT2D eigenvalue weighted by Gasteiger charge is -2.11. The summed E-state index contributed by atoms with van der Waals surface area (Å²) in [5, 5.41) is 0.826. The van der Waals surface area contributed by atoms with E-state index in [1.807, 2.05) is 0 Å². The Hall–Kier alpha value is -4.15. The van der Waals surface area contributed by atoms with Crippen LogP contribution in [0.5, 0.6) is 11.5 Å². The number of aryl methyl sites for hydroxylation is 2. The molecule has 0 spiro atoms. The van der Waals surface area contributed by atoms with E-state index in [0.29, 0.717) is 21.9 Å². The van der Waals surface area contributed by atoms with Gasteiger partial charge in [0.05, 0.1) is 5.39 Å². The minimum Gasteiger partial charge on any atom is -0.422 e. The molecule has 1 heterocycles. The topological polar surface area (TPSA) is 117 Å². The molecule has 0 aliphatic carbocycles. The van der Waals surface area contributed by atoms with E-state index in [-0.39, 0.29) is 32.3 Å². The molecule has 0 N–H and O–H groups in total. The molecule has 4 aromatic carbocycles. The van der Waals surface area contributed by atoms with Crippen LogP contribution < -0.4 is 14.0 Å². The molecule has 5 rings (SSSR count). The molecule has 0 saturated carbocycles. The molecule has 5 aromatic rings. The molecule has 0 radical (unpaired) electrons. The first kappa shape index (κ1) is 24.5. The molecular weight excluding hydrogens is 516 g/mol. The standard InChI is InChI=1S/C27H20O8S2/c1-17-7-3-5-9-24(17)34-36(29,30)19-11-13-21-22-14-12-20(16-26(22)33-27(28)23(21)15-19)37(31,32)35-25-10-6-4-8-18(25)2/h3-16H,1-2H3. The fourth-order valence-electron chi connectivity index (χ4n) is 3.84. The summed E-state index contributed by atoms with van der Waals surface area (Å²) in [6, 6.07) is 21.3. The van der Waals surface area contributed by atoms with Gasteiger partial charge >= 0.3 is 25.9 Å². The molecule has 1 aromatic heterocycles. The highest BCUT2D eigenvalue weighted by atomic mass is 32.2. The van der Waals surface area contributed by atoms with Gasteiger partial charge in [-0.1, -0.05) is 42.5 Å². The normalized spacial score (nSPS) is 12.1. The average Bonchev–Trinajstić information content (AvgIpc) is 2.86. The molecule has 0 unspecified atom stereocenters. The van der Waals surface area contributed by atoms with Crippen LogP contribution in [0.3, 0.4) is 0 Å². The van der Waals surface area contributed by atoms with Crippen molar-refractivity contribution in [3.63, 3.8) is 0 Å². The van der Waals surface area contributed by atoms with Crippen LogP contribution >= 0.6 is 0 Å². The Bertz CT molecular complexity index is 1960. The smallest absolute Gasteiger partial charge is 0.344 e. The van der Waals surface area contributed by atoms with E-state index in [2.05, 4.69) is 0 Å². The van der Waals surface area contributed by atoms with Gasteiger partial charge in [-0.3, -0.25) is 0 Å². The SMILES string of the molecule is Cc1ccccc1OS(=O)(=O)c1ccc2c(c1)oc(=O)c1cc(S(=O)(=O)Oc3ccccc3C)ccc12. The lowest BCUT2D eigenvalue weighted by Crippen LogP contribution is -2.12. The first-order valence-electron chi connectivity index (χ1n) is 11.1. The molecule has 0 atom stereocenters. The lowest BCUT2D eigenvalue weighted by molar-refractivity contribution is 0.482. The van der Waals surface area contributed by atoms with Crippen molar-refractivity contribution in [3.05, 3.63) is 106 Å². The molecule has 188 valence electrons. The highest BCUT2D eigenvalue weighted by Gasteiger charge is 2.22. The van der Waals surface area contributed by atoms with Crippen molar-refractivity contribution in [1.29, 1.82) is 0 Å². The van der Waals surface area contributed by atoms with Crippen LogP contribution in [0, 0.1) is 13.8 Å². The molecule has 10 heteroatoms. The summed E-state index contributed by atoms with van der Waals surface area (Å²) in [4.78, 5) is 12.4. The second-order valence-electron chi connectivity index (χ2n) is 8.36. The van der Waals surface area contributed by atoms with Gasteiger partial charge < -0.3 is 12.8 Å². The summed E-state index contributed by atoms with van der Waals surface area (Å²) in [5.41, 5.74) is 0.458. The number of hydrogen-bond donors (Lipinski definition) is 0. The maximum absolute atomic E-state index is 12.9. The Morgan fingerprint density at radius 3 is 1.62 bits per heavy atom. The molecule has 37 heavy (non-hydrogen) atoms. The summed E-state index contributed by atoms with van der Waals surface area (Å²) in [7, 11) is -8.44. The van der Waals surface area contributed by atoms with Gasteiger partial charge in [0.1, 0.15) is 26.9 Å². The maximum atomic E-state index is 12.9. The highest BCUT2D eigenvalue weighted by molar-refractivity contribution is 7.87. The van der Waals surface area contributed by atoms with Crippen LogP contribution in [-0.2, 0) is 20.2 Å². The van der Waals surface area contributed by atoms with Crippen LogP contribution in [0.1, 0.15) is 11.1 Å². The first-order valence-corrected chi connectivity index (χ1v) is 13.9. The Morgan fingerprint density at radius 2 is 1.08 bits per heavy atom. The van der Waals surface area contributed by atoms with Gasteiger partial charge in [-0.25, -0.2) is 4.79 Å². The van der Waals surface area contributed by atoms with E-state index >= 15 is 0 Å². The molecule has 0 fully saturated rings. The third kappa shape index (κ3) is 4.68. The van der Waals surface area contributed by atoms with E-state index in [0.717, 1.165) is 0 Å². The lowest BCUT2D eigenvalue weighted by atomic mass is 10.1. The Kier molecular flexibility index (Phi) is 6.01. The van der Waals surface area contributed by atoms with Crippen LogP contribution in [0.15, 0.2) is 104 Å². The fourth-order valence-corrected chi connectivity index (χ4v) is 5.86. The summed E-state index contributed by atoms with van der Waals surface area (Å²) < 4.78 is 67.3. The average molecular weight is 537 g/mol. The number of para-hydroxylation sites is 2. The van der Waals surface area contributed by atoms with Crippen molar-refractivity contribution in [1.82, 2.24) is 0 Å². The van der Waals surface area contributed by atoms with Crippen LogP contribution in [0.25, 0.3) is 21.7 Å². The van der Waals surface area contributed by atoms with E-state index < -0.39 is 25.9 Å². The Balaban J connectivity index is 1.55. The van der Waals surface area contributed by atoms with Gasteiger partial charge in [-0.2, -0.15) is 16.8 Å². The predicted octanol–water partition coefficient (Wildman–Crippen LogP) is 5.10. The van der Waals surface area contributed by atoms with Crippen molar-refractivity contribution in [2.75, 3.05) is 0 Å². The van der Waals surface area contributed by atoms with Gasteiger partial charge in [-0.15, -0.1) is 0 Å². The third-order valence-electron chi connectivity index (χ3n) is 5.82. The predicted molar refractivity (Wildman–Crippen MR) is 138 cm³/mol. The number of hydrogen-bond acceptors (Lipinski definition) is 8. The second-order valence-corrected chi connectivity index (χ2v) is 11.5. The number of rotatable bonds is 6. The Morgan fingerprint density at radius 1 is 0.595 bits per heavy atom. The Labute approximate surface area is 213 Å². The van der Waals surface area contributed by atoms with Gasteiger partial charge in [0, 0.05) is 16.8 Å². The van der Waals surface area contributed by atoms with Gasteiger partial charge in [0.2, 0.25) is 0 Å². The van der Waals surface area contributed by atoms with E-state index in [1.165, 1.54) is 48.5 Å². The molecule has 0 bridgehead atoms. The van der Waals surface area contributed by atoms with Crippen LogP contribution in [-0.4, -0.2) is 16.8 Å². The summed E-state index contributed by atoms with van der Waals surface area (Å²) >= 11 is 0. The zero-order valence-electron chi connectivity index (χ0n) is 19.7. The van der Waals surface area contributed by atoms with Crippen molar-refractivity contribution in [3.8, 4) is 11.5 Å². The minimum absolute atomic E-state index is 0.00808. The summed E-state index contributed by atoms with van der Waals surface area (Å²) in [5.74, 6) is 0.360. The quantitative estimate of drug-likeness (QED) is 0.167.